The Morgan fingerprint density at radius 1 is 1.26 bits per heavy atom. The number of halogens is 1. The predicted octanol–water partition coefficient (Wildman–Crippen LogP) is 3.42. The lowest BCUT2D eigenvalue weighted by Gasteiger charge is -2.16. The standard InChI is InChI=1S/C15H24ClNO2/c1-4-12(17)10-13-14(16)6-5-7-15(13)19-9-8-18-11(2)3/h5-7,11-12H,4,8-10,17H2,1-3H3. The van der Waals surface area contributed by atoms with E-state index in [9.17, 15) is 0 Å². The molecule has 2 N–H and O–H groups in total. The van der Waals surface area contributed by atoms with E-state index in [4.69, 9.17) is 26.8 Å². The zero-order valence-electron chi connectivity index (χ0n) is 12.0. The van der Waals surface area contributed by atoms with E-state index in [0.29, 0.717) is 18.2 Å². The van der Waals surface area contributed by atoms with Crippen molar-refractivity contribution >= 4 is 11.6 Å². The molecule has 0 fully saturated rings. The Kier molecular flexibility index (Phi) is 7.21. The highest BCUT2D eigenvalue weighted by Gasteiger charge is 2.11. The van der Waals surface area contributed by atoms with Gasteiger partial charge >= 0.3 is 0 Å². The second-order valence-corrected chi connectivity index (χ2v) is 5.26. The Bertz CT molecular complexity index is 382. The van der Waals surface area contributed by atoms with Gasteiger partial charge in [0.25, 0.3) is 0 Å². The van der Waals surface area contributed by atoms with Crippen molar-refractivity contribution in [3.63, 3.8) is 0 Å². The highest BCUT2D eigenvalue weighted by Crippen LogP contribution is 2.27. The van der Waals surface area contributed by atoms with Crippen LogP contribution in [0.2, 0.25) is 5.02 Å². The number of nitrogens with two attached hydrogens (primary N) is 1. The van der Waals surface area contributed by atoms with E-state index in [1.807, 2.05) is 32.0 Å². The van der Waals surface area contributed by atoms with Gasteiger partial charge in [0.05, 0.1) is 12.7 Å². The van der Waals surface area contributed by atoms with Crippen LogP contribution in [0.1, 0.15) is 32.8 Å². The van der Waals surface area contributed by atoms with E-state index in [0.717, 1.165) is 24.2 Å². The minimum Gasteiger partial charge on any atom is -0.491 e. The summed E-state index contributed by atoms with van der Waals surface area (Å²) in [6.07, 6.45) is 1.87. The van der Waals surface area contributed by atoms with Crippen LogP contribution in [0.15, 0.2) is 18.2 Å². The zero-order chi connectivity index (χ0) is 14.3. The third-order valence-electron chi connectivity index (χ3n) is 2.86. The molecule has 19 heavy (non-hydrogen) atoms. The average Bonchev–Trinajstić information content (AvgIpc) is 2.37. The van der Waals surface area contributed by atoms with Gasteiger partial charge < -0.3 is 15.2 Å². The van der Waals surface area contributed by atoms with Gasteiger partial charge in [0.2, 0.25) is 0 Å². The molecule has 0 heterocycles. The maximum atomic E-state index is 6.23. The molecule has 0 aromatic heterocycles. The number of ether oxygens (including phenoxy) is 2. The van der Waals surface area contributed by atoms with Crippen molar-refractivity contribution in [2.45, 2.75) is 45.8 Å². The SMILES string of the molecule is CCC(N)Cc1c(Cl)cccc1OCCOC(C)C. The minimum absolute atomic E-state index is 0.106. The van der Waals surface area contributed by atoms with Crippen molar-refractivity contribution in [3.05, 3.63) is 28.8 Å². The maximum absolute atomic E-state index is 6.23. The molecule has 0 aliphatic rings. The lowest BCUT2D eigenvalue weighted by atomic mass is 10.0. The molecule has 0 saturated carbocycles. The predicted molar refractivity (Wildman–Crippen MR) is 80.0 cm³/mol. The topological polar surface area (TPSA) is 44.5 Å². The number of rotatable bonds is 8. The van der Waals surface area contributed by atoms with Crippen molar-refractivity contribution in [2.75, 3.05) is 13.2 Å². The quantitative estimate of drug-likeness (QED) is 0.744. The Hall–Kier alpha value is -0.770. The first-order chi connectivity index (χ1) is 9.04. The van der Waals surface area contributed by atoms with E-state index < -0.39 is 0 Å². The van der Waals surface area contributed by atoms with Gasteiger partial charge in [-0.3, -0.25) is 0 Å². The van der Waals surface area contributed by atoms with Crippen molar-refractivity contribution in [1.82, 2.24) is 0 Å². The van der Waals surface area contributed by atoms with E-state index in [1.54, 1.807) is 0 Å². The van der Waals surface area contributed by atoms with Crippen LogP contribution in [0, 0.1) is 0 Å². The first-order valence-electron chi connectivity index (χ1n) is 6.82. The summed E-state index contributed by atoms with van der Waals surface area (Å²) < 4.78 is 11.2. The Balaban J connectivity index is 2.63. The number of hydrogen-bond donors (Lipinski definition) is 1. The smallest absolute Gasteiger partial charge is 0.124 e. The van der Waals surface area contributed by atoms with E-state index in [2.05, 4.69) is 6.92 Å². The van der Waals surface area contributed by atoms with Crippen LogP contribution in [0.3, 0.4) is 0 Å². The number of benzene rings is 1. The molecule has 1 atom stereocenters. The fourth-order valence-electron chi connectivity index (χ4n) is 1.71. The summed E-state index contributed by atoms with van der Waals surface area (Å²) >= 11 is 6.23. The van der Waals surface area contributed by atoms with Crippen LogP contribution < -0.4 is 10.5 Å². The Morgan fingerprint density at radius 2 is 2.00 bits per heavy atom. The summed E-state index contributed by atoms with van der Waals surface area (Å²) in [6.45, 7) is 7.17. The molecule has 0 saturated heterocycles. The number of hydrogen-bond acceptors (Lipinski definition) is 3. The molecule has 1 unspecified atom stereocenters. The largest absolute Gasteiger partial charge is 0.491 e. The Morgan fingerprint density at radius 3 is 2.63 bits per heavy atom. The fraction of sp³-hybridized carbons (Fsp3) is 0.600. The van der Waals surface area contributed by atoms with Crippen LogP contribution in [-0.2, 0) is 11.2 Å². The molecular formula is C15H24ClNO2. The third kappa shape index (κ3) is 5.81. The lowest BCUT2D eigenvalue weighted by Crippen LogP contribution is -2.22. The van der Waals surface area contributed by atoms with Gasteiger partial charge in [-0.2, -0.15) is 0 Å². The molecule has 1 rings (SSSR count). The van der Waals surface area contributed by atoms with Crippen LogP contribution in [0.4, 0.5) is 0 Å². The summed E-state index contributed by atoms with van der Waals surface area (Å²) in [5, 5.41) is 0.714. The highest BCUT2D eigenvalue weighted by atomic mass is 35.5. The minimum atomic E-state index is 0.106. The summed E-state index contributed by atoms with van der Waals surface area (Å²) in [6, 6.07) is 5.80. The lowest BCUT2D eigenvalue weighted by molar-refractivity contribution is 0.0550. The van der Waals surface area contributed by atoms with Gasteiger partial charge in [-0.15, -0.1) is 0 Å². The summed E-state index contributed by atoms with van der Waals surface area (Å²) in [5.74, 6) is 0.809. The molecule has 0 radical (unpaired) electrons. The van der Waals surface area contributed by atoms with Gasteiger partial charge in [0.15, 0.2) is 0 Å². The highest BCUT2D eigenvalue weighted by molar-refractivity contribution is 6.31. The molecule has 1 aromatic rings. The van der Waals surface area contributed by atoms with Gasteiger partial charge in [-0.25, -0.2) is 0 Å². The van der Waals surface area contributed by atoms with Crippen molar-refractivity contribution in [2.24, 2.45) is 5.73 Å². The molecule has 3 nitrogen and oxygen atoms in total. The van der Waals surface area contributed by atoms with Crippen LogP contribution >= 0.6 is 11.6 Å². The first-order valence-corrected chi connectivity index (χ1v) is 7.19. The van der Waals surface area contributed by atoms with E-state index >= 15 is 0 Å². The van der Waals surface area contributed by atoms with Gasteiger partial charge in [0, 0.05) is 16.6 Å². The molecule has 0 amide bonds. The normalized spacial score (nSPS) is 12.7. The molecular weight excluding hydrogens is 262 g/mol. The summed E-state index contributed by atoms with van der Waals surface area (Å²) in [7, 11) is 0. The molecule has 1 aromatic carbocycles. The summed E-state index contributed by atoms with van der Waals surface area (Å²) in [5.41, 5.74) is 6.99. The molecule has 0 aliphatic carbocycles. The van der Waals surface area contributed by atoms with Gasteiger partial charge in [0.1, 0.15) is 12.4 Å². The van der Waals surface area contributed by atoms with Crippen LogP contribution in [0.25, 0.3) is 0 Å². The van der Waals surface area contributed by atoms with Crippen molar-refractivity contribution < 1.29 is 9.47 Å². The summed E-state index contributed by atoms with van der Waals surface area (Å²) in [4.78, 5) is 0. The van der Waals surface area contributed by atoms with E-state index in [-0.39, 0.29) is 12.1 Å². The second-order valence-electron chi connectivity index (χ2n) is 4.86. The van der Waals surface area contributed by atoms with Crippen LogP contribution in [-0.4, -0.2) is 25.4 Å². The average molecular weight is 286 g/mol. The maximum Gasteiger partial charge on any atom is 0.124 e. The molecule has 4 heteroatoms. The van der Waals surface area contributed by atoms with E-state index in [1.165, 1.54) is 0 Å². The van der Waals surface area contributed by atoms with Crippen molar-refractivity contribution in [3.8, 4) is 5.75 Å². The third-order valence-corrected chi connectivity index (χ3v) is 3.21. The second kappa shape index (κ2) is 8.41. The molecule has 0 aliphatic heterocycles. The van der Waals surface area contributed by atoms with Gasteiger partial charge in [-0.05, 0) is 38.8 Å². The van der Waals surface area contributed by atoms with Crippen LogP contribution in [0.5, 0.6) is 5.75 Å². The molecule has 0 spiro atoms. The van der Waals surface area contributed by atoms with Crippen molar-refractivity contribution in [1.29, 1.82) is 0 Å². The molecule has 108 valence electrons. The monoisotopic (exact) mass is 285 g/mol. The van der Waals surface area contributed by atoms with Gasteiger partial charge in [-0.1, -0.05) is 24.6 Å². The fourth-order valence-corrected chi connectivity index (χ4v) is 1.96. The molecule has 0 bridgehead atoms. The first kappa shape index (κ1) is 16.3. The zero-order valence-corrected chi connectivity index (χ0v) is 12.7. The Labute approximate surface area is 121 Å².